The lowest BCUT2D eigenvalue weighted by Crippen LogP contribution is -2.35. The molecule has 0 aromatic carbocycles. The van der Waals surface area contributed by atoms with Gasteiger partial charge in [-0.1, -0.05) is 7.43 Å². The fourth-order valence-electron chi connectivity index (χ4n) is 0.800. The first-order valence-electron chi connectivity index (χ1n) is 2.91. The molecule has 0 aliphatic rings. The Morgan fingerprint density at radius 1 is 1.00 bits per heavy atom. The fourth-order valence-corrected chi connectivity index (χ4v) is 0.800. The van der Waals surface area contributed by atoms with E-state index in [2.05, 4.69) is 4.99 Å². The van der Waals surface area contributed by atoms with E-state index in [0.717, 1.165) is 5.96 Å². The second kappa shape index (κ2) is 5.09. The number of hydrogen-bond donors (Lipinski definition) is 0. The minimum absolute atomic E-state index is 0. The Kier molecular flexibility index (Phi) is 6.10. The van der Waals surface area contributed by atoms with Crippen LogP contribution >= 0.6 is 0 Å². The van der Waals surface area contributed by atoms with Crippen LogP contribution in [0.3, 0.4) is 0 Å². The zero-order chi connectivity index (χ0) is 7.44. The predicted molar refractivity (Wildman–Crippen MR) is 47.5 cm³/mol. The zero-order valence-corrected chi connectivity index (χ0v) is 6.84. The van der Waals surface area contributed by atoms with Crippen molar-refractivity contribution in [2.75, 3.05) is 35.2 Å². The van der Waals surface area contributed by atoms with E-state index < -0.39 is 0 Å². The number of nitrogens with zero attached hydrogens (tertiary/aromatic N) is 3. The molecule has 0 heterocycles. The van der Waals surface area contributed by atoms with E-state index in [9.17, 15) is 0 Å². The Morgan fingerprint density at radius 2 is 1.30 bits per heavy atom. The van der Waals surface area contributed by atoms with E-state index in [1.165, 1.54) is 0 Å². The van der Waals surface area contributed by atoms with E-state index in [-0.39, 0.29) is 7.43 Å². The molecule has 0 atom stereocenters. The molecule has 0 bridgehead atoms. The van der Waals surface area contributed by atoms with E-state index in [1.54, 1.807) is 7.05 Å². The maximum Gasteiger partial charge on any atom is 0.195 e. The van der Waals surface area contributed by atoms with Crippen molar-refractivity contribution < 1.29 is 0 Å². The highest BCUT2D eigenvalue weighted by molar-refractivity contribution is 5.78. The first kappa shape index (κ1) is 12.0. The normalized spacial score (nSPS) is 7.70. The lowest BCUT2D eigenvalue weighted by Gasteiger charge is -2.21. The molecule has 0 rings (SSSR count). The average Bonchev–Trinajstić information content (AvgIpc) is 1.64. The maximum absolute atomic E-state index is 4.06. The second-order valence-corrected chi connectivity index (χ2v) is 2.31. The molecule has 3 nitrogen and oxygen atoms in total. The molecule has 0 spiro atoms. The highest BCUT2D eigenvalue weighted by Crippen LogP contribution is 1.85. The van der Waals surface area contributed by atoms with Gasteiger partial charge in [0.25, 0.3) is 0 Å². The lowest BCUT2D eigenvalue weighted by atomic mass is 10.7. The van der Waals surface area contributed by atoms with Crippen molar-refractivity contribution in [1.82, 2.24) is 9.80 Å². The lowest BCUT2D eigenvalue weighted by molar-refractivity contribution is 0.482. The van der Waals surface area contributed by atoms with Crippen LogP contribution in [0.15, 0.2) is 4.99 Å². The van der Waals surface area contributed by atoms with Crippen molar-refractivity contribution in [2.45, 2.75) is 7.43 Å². The van der Waals surface area contributed by atoms with Crippen LogP contribution in [0.5, 0.6) is 0 Å². The van der Waals surface area contributed by atoms with Gasteiger partial charge in [0, 0.05) is 35.2 Å². The third-order valence-corrected chi connectivity index (χ3v) is 1.000. The molecule has 0 radical (unpaired) electrons. The zero-order valence-electron chi connectivity index (χ0n) is 6.84. The van der Waals surface area contributed by atoms with Gasteiger partial charge >= 0.3 is 0 Å². The Bertz CT molecular complexity index is 95.4. The number of rotatable bonds is 0. The molecule has 0 aliphatic heterocycles. The van der Waals surface area contributed by atoms with E-state index in [0.29, 0.717) is 0 Å². The summed E-state index contributed by atoms with van der Waals surface area (Å²) in [6.07, 6.45) is 0. The maximum atomic E-state index is 4.06. The van der Waals surface area contributed by atoms with Crippen molar-refractivity contribution in [1.29, 1.82) is 0 Å². The van der Waals surface area contributed by atoms with Gasteiger partial charge in [-0.25, -0.2) is 0 Å². The monoisotopic (exact) mass is 145 g/mol. The molecule has 0 N–H and O–H groups in total. The highest BCUT2D eigenvalue weighted by Gasteiger charge is 1.99. The molecule has 0 aliphatic carbocycles. The summed E-state index contributed by atoms with van der Waals surface area (Å²) in [6, 6.07) is 0. The van der Waals surface area contributed by atoms with Crippen molar-refractivity contribution in [2.24, 2.45) is 4.99 Å². The van der Waals surface area contributed by atoms with Gasteiger partial charge in [0.1, 0.15) is 0 Å². The van der Waals surface area contributed by atoms with Crippen LogP contribution in [0, 0.1) is 0 Å². The summed E-state index contributed by atoms with van der Waals surface area (Å²) in [5.41, 5.74) is 0. The second-order valence-electron chi connectivity index (χ2n) is 2.31. The molecular weight excluding hydrogens is 126 g/mol. The van der Waals surface area contributed by atoms with Crippen molar-refractivity contribution >= 4 is 5.96 Å². The van der Waals surface area contributed by atoms with Crippen LogP contribution in [-0.2, 0) is 0 Å². The summed E-state index contributed by atoms with van der Waals surface area (Å²) >= 11 is 0. The van der Waals surface area contributed by atoms with Crippen molar-refractivity contribution in [3.05, 3.63) is 0 Å². The molecule has 0 saturated carbocycles. The summed E-state index contributed by atoms with van der Waals surface area (Å²) < 4.78 is 0. The van der Waals surface area contributed by atoms with Crippen molar-refractivity contribution in [3.8, 4) is 0 Å². The molecule has 10 heavy (non-hydrogen) atoms. The van der Waals surface area contributed by atoms with E-state index in [1.807, 2.05) is 38.0 Å². The quantitative estimate of drug-likeness (QED) is 0.370. The van der Waals surface area contributed by atoms with Crippen LogP contribution in [0.25, 0.3) is 0 Å². The standard InChI is InChI=1S/C6H15N3.CH4/c1-7-6(8(2)3)9(4)5;/h1-5H3;1H4. The van der Waals surface area contributed by atoms with Gasteiger partial charge in [-0.2, -0.15) is 0 Å². The van der Waals surface area contributed by atoms with Gasteiger partial charge in [-0.05, 0) is 0 Å². The Balaban J connectivity index is 0. The van der Waals surface area contributed by atoms with Gasteiger partial charge in [-0.15, -0.1) is 0 Å². The Morgan fingerprint density at radius 3 is 1.30 bits per heavy atom. The smallest absolute Gasteiger partial charge is 0.195 e. The summed E-state index contributed by atoms with van der Waals surface area (Å²) in [5, 5.41) is 0. The van der Waals surface area contributed by atoms with Crippen LogP contribution in [0.2, 0.25) is 0 Å². The van der Waals surface area contributed by atoms with Gasteiger partial charge < -0.3 is 9.80 Å². The first-order chi connectivity index (χ1) is 4.09. The summed E-state index contributed by atoms with van der Waals surface area (Å²) in [6.45, 7) is 0. The summed E-state index contributed by atoms with van der Waals surface area (Å²) in [4.78, 5) is 8.00. The fraction of sp³-hybridized carbons (Fsp3) is 0.857. The Labute approximate surface area is 64.3 Å². The molecule has 3 heteroatoms. The molecule has 0 aromatic rings. The number of hydrogen-bond acceptors (Lipinski definition) is 1. The molecule has 0 fully saturated rings. The molecule has 0 aromatic heterocycles. The van der Waals surface area contributed by atoms with Gasteiger partial charge in [0.05, 0.1) is 0 Å². The number of aliphatic imine (C=N–C) groups is 1. The van der Waals surface area contributed by atoms with Crippen molar-refractivity contribution in [3.63, 3.8) is 0 Å². The summed E-state index contributed by atoms with van der Waals surface area (Å²) in [7, 11) is 9.69. The van der Waals surface area contributed by atoms with E-state index >= 15 is 0 Å². The molecule has 0 amide bonds. The van der Waals surface area contributed by atoms with Gasteiger partial charge in [0.2, 0.25) is 0 Å². The molecule has 0 unspecified atom stereocenters. The van der Waals surface area contributed by atoms with Gasteiger partial charge in [-0.3, -0.25) is 4.99 Å². The van der Waals surface area contributed by atoms with E-state index in [4.69, 9.17) is 0 Å². The van der Waals surface area contributed by atoms with Crippen LogP contribution < -0.4 is 0 Å². The molecule has 0 saturated heterocycles. The van der Waals surface area contributed by atoms with Crippen LogP contribution in [0.4, 0.5) is 0 Å². The summed E-state index contributed by atoms with van der Waals surface area (Å²) in [5.74, 6) is 0.981. The third kappa shape index (κ3) is 3.33. The largest absolute Gasteiger partial charge is 0.349 e. The SMILES string of the molecule is C.CN=C(N(C)C)N(C)C. The topological polar surface area (TPSA) is 18.8 Å². The molecule has 62 valence electrons. The van der Waals surface area contributed by atoms with Gasteiger partial charge in [0.15, 0.2) is 5.96 Å². The minimum atomic E-state index is 0. The highest BCUT2D eigenvalue weighted by atomic mass is 15.3. The Hall–Kier alpha value is -0.730. The minimum Gasteiger partial charge on any atom is -0.349 e. The third-order valence-electron chi connectivity index (χ3n) is 1.000. The van der Waals surface area contributed by atoms with Crippen LogP contribution in [0.1, 0.15) is 7.43 Å². The van der Waals surface area contributed by atoms with Crippen LogP contribution in [-0.4, -0.2) is 51.0 Å². The predicted octanol–water partition coefficient (Wildman–Crippen LogP) is 0.732. The number of guanidine groups is 1. The molecular formula is C7H19N3. The first-order valence-corrected chi connectivity index (χ1v) is 2.91. The average molecular weight is 145 g/mol.